The van der Waals surface area contributed by atoms with Crippen LogP contribution in [0.25, 0.3) is 0 Å². The van der Waals surface area contributed by atoms with E-state index in [0.29, 0.717) is 22.7 Å². The van der Waals surface area contributed by atoms with Crippen molar-refractivity contribution in [2.45, 2.75) is 0 Å². The van der Waals surface area contributed by atoms with Crippen molar-refractivity contribution in [3.05, 3.63) is 59.6 Å². The molecule has 27 heavy (non-hydrogen) atoms. The van der Waals surface area contributed by atoms with Crippen LogP contribution < -0.4 is 20.3 Å². The van der Waals surface area contributed by atoms with Crippen LogP contribution in [0.2, 0.25) is 0 Å². The van der Waals surface area contributed by atoms with Gasteiger partial charge in [0.1, 0.15) is 5.75 Å². The number of likely N-dealkylation sites (N-methyl/N-ethyl adjacent to an activating group) is 1. The number of nitrogens with zero attached hydrogens (tertiary/aromatic N) is 2. The van der Waals surface area contributed by atoms with Crippen LogP contribution in [0.3, 0.4) is 0 Å². The summed E-state index contributed by atoms with van der Waals surface area (Å²) in [5.41, 5.74) is 2.50. The maximum absolute atomic E-state index is 12.6. The Kier molecular flexibility index (Phi) is 4.47. The lowest BCUT2D eigenvalue weighted by Crippen LogP contribution is -2.35. The normalized spacial score (nSPS) is 12.9. The van der Waals surface area contributed by atoms with E-state index in [4.69, 9.17) is 4.74 Å². The first-order valence-electron chi connectivity index (χ1n) is 8.21. The lowest BCUT2D eigenvalue weighted by Gasteiger charge is -2.26. The van der Waals surface area contributed by atoms with Crippen molar-refractivity contribution in [2.24, 2.45) is 0 Å². The highest BCUT2D eigenvalue weighted by Crippen LogP contribution is 2.33. The predicted molar refractivity (Wildman–Crippen MR) is 105 cm³/mol. The van der Waals surface area contributed by atoms with Crippen molar-refractivity contribution in [3.63, 3.8) is 0 Å². The molecule has 136 valence electrons. The number of carbonyl (C=O) groups excluding carboxylic acids is 2. The maximum Gasteiger partial charge on any atom is 0.264 e. The first-order chi connectivity index (χ1) is 13.1. The van der Waals surface area contributed by atoms with Crippen molar-refractivity contribution in [3.8, 4) is 5.75 Å². The summed E-state index contributed by atoms with van der Waals surface area (Å²) in [5.74, 6) is 0.236. The molecule has 2 aromatic carbocycles. The van der Waals surface area contributed by atoms with Crippen LogP contribution >= 0.6 is 11.3 Å². The van der Waals surface area contributed by atoms with Gasteiger partial charge >= 0.3 is 0 Å². The number of thiazole rings is 1. The summed E-state index contributed by atoms with van der Waals surface area (Å²) in [6.07, 6.45) is 1.71. The van der Waals surface area contributed by atoms with Gasteiger partial charge in [-0.1, -0.05) is 6.07 Å². The predicted octanol–water partition coefficient (Wildman–Crippen LogP) is 3.49. The highest BCUT2D eigenvalue weighted by molar-refractivity contribution is 7.13. The molecule has 2 amide bonds. The number of nitrogens with one attached hydrogen (secondary N) is 2. The number of fused-ring (bicyclic) bond motifs is 1. The first kappa shape index (κ1) is 17.0. The topological polar surface area (TPSA) is 83.6 Å². The fourth-order valence-corrected chi connectivity index (χ4v) is 3.25. The van der Waals surface area contributed by atoms with E-state index in [2.05, 4.69) is 15.6 Å². The van der Waals surface area contributed by atoms with E-state index in [1.807, 2.05) is 11.4 Å². The van der Waals surface area contributed by atoms with Gasteiger partial charge in [-0.25, -0.2) is 4.98 Å². The summed E-state index contributed by atoms with van der Waals surface area (Å²) in [7, 11) is 1.68. The Bertz CT molecular complexity index is 1000. The molecule has 0 atom stereocenters. The van der Waals surface area contributed by atoms with E-state index in [1.165, 1.54) is 16.2 Å². The summed E-state index contributed by atoms with van der Waals surface area (Å²) in [6, 6.07) is 12.4. The van der Waals surface area contributed by atoms with Gasteiger partial charge in [-0.3, -0.25) is 9.59 Å². The summed E-state index contributed by atoms with van der Waals surface area (Å²) < 4.78 is 5.40. The third-order valence-electron chi connectivity index (χ3n) is 4.11. The van der Waals surface area contributed by atoms with Gasteiger partial charge in [0.05, 0.1) is 5.69 Å². The molecule has 2 N–H and O–H groups in total. The van der Waals surface area contributed by atoms with Gasteiger partial charge in [-0.2, -0.15) is 0 Å². The molecule has 0 bridgehead atoms. The van der Waals surface area contributed by atoms with Crippen LogP contribution in [-0.4, -0.2) is 30.5 Å². The summed E-state index contributed by atoms with van der Waals surface area (Å²) in [6.45, 7) is 0.0219. The van der Waals surface area contributed by atoms with E-state index in [-0.39, 0.29) is 18.4 Å². The van der Waals surface area contributed by atoms with Crippen molar-refractivity contribution in [2.75, 3.05) is 29.2 Å². The van der Waals surface area contributed by atoms with Gasteiger partial charge in [0.2, 0.25) is 0 Å². The monoisotopic (exact) mass is 380 g/mol. The van der Waals surface area contributed by atoms with Gasteiger partial charge in [-0.05, 0) is 36.4 Å². The zero-order valence-corrected chi connectivity index (χ0v) is 15.2. The lowest BCUT2D eigenvalue weighted by atomic mass is 10.1. The Balaban J connectivity index is 1.52. The highest BCUT2D eigenvalue weighted by Gasteiger charge is 2.22. The number of amides is 2. The van der Waals surface area contributed by atoms with Crippen LogP contribution in [0.4, 0.5) is 22.2 Å². The zero-order valence-electron chi connectivity index (χ0n) is 14.4. The van der Waals surface area contributed by atoms with Gasteiger partial charge in [0, 0.05) is 35.6 Å². The van der Waals surface area contributed by atoms with Crippen LogP contribution in [0.5, 0.6) is 5.75 Å². The second kappa shape index (κ2) is 7.08. The van der Waals surface area contributed by atoms with E-state index in [0.717, 1.165) is 10.8 Å². The smallest absolute Gasteiger partial charge is 0.264 e. The molecule has 1 aliphatic heterocycles. The number of anilines is 4. The number of aromatic nitrogens is 1. The third-order valence-corrected chi connectivity index (χ3v) is 4.80. The molecule has 0 aliphatic carbocycles. The van der Waals surface area contributed by atoms with Gasteiger partial charge in [0.25, 0.3) is 11.8 Å². The quantitative estimate of drug-likeness (QED) is 0.724. The fourth-order valence-electron chi connectivity index (χ4n) is 2.70. The molecule has 2 heterocycles. The molecule has 0 spiro atoms. The minimum absolute atomic E-state index is 0.0219. The van der Waals surface area contributed by atoms with Crippen molar-refractivity contribution >= 4 is 45.3 Å². The molecule has 0 unspecified atom stereocenters. The van der Waals surface area contributed by atoms with Gasteiger partial charge in [0.15, 0.2) is 11.7 Å². The minimum atomic E-state index is -0.247. The molecular weight excluding hydrogens is 364 g/mol. The first-order valence-corrected chi connectivity index (χ1v) is 9.09. The molecule has 3 aromatic rings. The van der Waals surface area contributed by atoms with Crippen LogP contribution in [-0.2, 0) is 4.79 Å². The standard InChI is InChI=1S/C19H16N4O3S/c1-23-15-10-14(5-6-16(15)26-11-17(23)24)21-18(25)12-3-2-4-13(9-12)22-19-20-7-8-27-19/h2-10H,11H2,1H3,(H,20,22)(H,21,25). The molecule has 0 fully saturated rings. The Labute approximate surface area is 159 Å². The molecule has 0 saturated heterocycles. The van der Waals surface area contributed by atoms with E-state index < -0.39 is 0 Å². The second-order valence-electron chi connectivity index (χ2n) is 5.92. The van der Waals surface area contributed by atoms with Crippen LogP contribution in [0.1, 0.15) is 10.4 Å². The fraction of sp³-hybridized carbons (Fsp3) is 0.105. The van der Waals surface area contributed by atoms with E-state index in [1.54, 1.807) is 49.6 Å². The average molecular weight is 380 g/mol. The van der Waals surface area contributed by atoms with Gasteiger partial charge < -0.3 is 20.3 Å². The Hall–Kier alpha value is -3.39. The lowest BCUT2D eigenvalue weighted by molar-refractivity contribution is -0.120. The van der Waals surface area contributed by atoms with Crippen molar-refractivity contribution in [1.82, 2.24) is 4.98 Å². The molecule has 1 aliphatic rings. The Morgan fingerprint density at radius 2 is 2.11 bits per heavy atom. The highest BCUT2D eigenvalue weighted by atomic mass is 32.1. The Morgan fingerprint density at radius 1 is 1.22 bits per heavy atom. The number of hydrogen-bond acceptors (Lipinski definition) is 6. The number of hydrogen-bond donors (Lipinski definition) is 2. The molecule has 8 heteroatoms. The summed E-state index contributed by atoms with van der Waals surface area (Å²) >= 11 is 1.48. The SMILES string of the molecule is CN1C(=O)COc2ccc(NC(=O)c3cccc(Nc4nccs4)c3)cc21. The number of benzene rings is 2. The largest absolute Gasteiger partial charge is 0.482 e. The van der Waals surface area contributed by atoms with E-state index in [9.17, 15) is 9.59 Å². The molecule has 4 rings (SSSR count). The second-order valence-corrected chi connectivity index (χ2v) is 6.82. The Morgan fingerprint density at radius 3 is 2.93 bits per heavy atom. The number of ether oxygens (including phenoxy) is 1. The average Bonchev–Trinajstić information content (AvgIpc) is 3.18. The minimum Gasteiger partial charge on any atom is -0.482 e. The maximum atomic E-state index is 12.6. The summed E-state index contributed by atoms with van der Waals surface area (Å²) in [5, 5.41) is 8.65. The van der Waals surface area contributed by atoms with Crippen LogP contribution in [0, 0.1) is 0 Å². The van der Waals surface area contributed by atoms with Crippen molar-refractivity contribution < 1.29 is 14.3 Å². The van der Waals surface area contributed by atoms with Crippen molar-refractivity contribution in [1.29, 1.82) is 0 Å². The molecule has 0 saturated carbocycles. The van der Waals surface area contributed by atoms with E-state index >= 15 is 0 Å². The molecular formula is C19H16N4O3S. The van der Waals surface area contributed by atoms with Crippen LogP contribution in [0.15, 0.2) is 54.0 Å². The summed E-state index contributed by atoms with van der Waals surface area (Å²) in [4.78, 5) is 30.1. The number of carbonyl (C=O) groups is 2. The van der Waals surface area contributed by atoms with Gasteiger partial charge in [-0.15, -0.1) is 11.3 Å². The molecule has 0 radical (unpaired) electrons. The third kappa shape index (κ3) is 3.61. The number of rotatable bonds is 4. The zero-order chi connectivity index (χ0) is 18.8. The molecule has 7 nitrogen and oxygen atoms in total. The molecule has 1 aromatic heterocycles.